The summed E-state index contributed by atoms with van der Waals surface area (Å²) >= 11 is 12.5. The van der Waals surface area contributed by atoms with Gasteiger partial charge in [0.05, 0.1) is 33.0 Å². The summed E-state index contributed by atoms with van der Waals surface area (Å²) in [6.07, 6.45) is 5.81. The van der Waals surface area contributed by atoms with Crippen molar-refractivity contribution in [3.05, 3.63) is 40.6 Å². The van der Waals surface area contributed by atoms with Crippen LogP contribution in [0, 0.1) is 0 Å². The average molecular weight is 319 g/mol. The fraction of sp³-hybridized carbons (Fsp3) is 0.200. The maximum atomic E-state index is 6.35. The molecular formula is C15H12Cl2N4. The fourth-order valence-electron chi connectivity index (χ4n) is 2.62. The summed E-state index contributed by atoms with van der Waals surface area (Å²) in [6, 6.07) is 5.87. The number of nitrogens with two attached hydrogens (primary N) is 1. The SMILES string of the molecule is Nc1c(Cl)ccc(Cl)c1-c1nc2cnccc2n1C1CC1. The molecule has 2 heterocycles. The molecule has 3 aromatic rings. The Morgan fingerprint density at radius 2 is 1.90 bits per heavy atom. The minimum atomic E-state index is 0.446. The van der Waals surface area contributed by atoms with E-state index in [1.807, 2.05) is 6.07 Å². The van der Waals surface area contributed by atoms with Crippen molar-refractivity contribution >= 4 is 39.9 Å². The molecule has 6 heteroatoms. The number of anilines is 1. The van der Waals surface area contributed by atoms with Crippen LogP contribution in [0.25, 0.3) is 22.4 Å². The van der Waals surface area contributed by atoms with Crippen LogP contribution < -0.4 is 5.73 Å². The van der Waals surface area contributed by atoms with E-state index in [9.17, 15) is 0 Å². The molecule has 21 heavy (non-hydrogen) atoms. The second-order valence-electron chi connectivity index (χ2n) is 5.22. The van der Waals surface area contributed by atoms with E-state index >= 15 is 0 Å². The first kappa shape index (κ1) is 12.9. The monoisotopic (exact) mass is 318 g/mol. The first-order valence-corrected chi connectivity index (χ1v) is 7.48. The molecule has 4 nitrogen and oxygen atoms in total. The van der Waals surface area contributed by atoms with E-state index in [1.54, 1.807) is 24.5 Å². The van der Waals surface area contributed by atoms with Gasteiger partial charge in [-0.15, -0.1) is 0 Å². The molecule has 4 rings (SSSR count). The average Bonchev–Trinajstić information content (AvgIpc) is 3.24. The number of nitrogen functional groups attached to an aromatic ring is 1. The highest BCUT2D eigenvalue weighted by atomic mass is 35.5. The van der Waals surface area contributed by atoms with Gasteiger partial charge in [0.1, 0.15) is 11.3 Å². The van der Waals surface area contributed by atoms with Gasteiger partial charge >= 0.3 is 0 Å². The van der Waals surface area contributed by atoms with Gasteiger partial charge in [0, 0.05) is 12.2 Å². The van der Waals surface area contributed by atoms with Gasteiger partial charge in [-0.2, -0.15) is 0 Å². The molecule has 2 aromatic heterocycles. The van der Waals surface area contributed by atoms with Crippen LogP contribution in [0.1, 0.15) is 18.9 Å². The Morgan fingerprint density at radius 1 is 1.14 bits per heavy atom. The van der Waals surface area contributed by atoms with E-state index in [-0.39, 0.29) is 0 Å². The van der Waals surface area contributed by atoms with Gasteiger partial charge in [-0.05, 0) is 31.0 Å². The molecule has 0 radical (unpaired) electrons. The van der Waals surface area contributed by atoms with E-state index in [4.69, 9.17) is 28.9 Å². The molecular weight excluding hydrogens is 307 g/mol. The summed E-state index contributed by atoms with van der Waals surface area (Å²) in [5.41, 5.74) is 9.21. The third kappa shape index (κ3) is 1.98. The lowest BCUT2D eigenvalue weighted by Gasteiger charge is -2.12. The first-order chi connectivity index (χ1) is 10.2. The van der Waals surface area contributed by atoms with Crippen LogP contribution in [-0.2, 0) is 0 Å². The number of benzene rings is 1. The van der Waals surface area contributed by atoms with Crippen molar-refractivity contribution in [3.63, 3.8) is 0 Å². The lowest BCUT2D eigenvalue weighted by Crippen LogP contribution is -2.01. The summed E-state index contributed by atoms with van der Waals surface area (Å²) in [5.74, 6) is 0.769. The van der Waals surface area contributed by atoms with Crippen LogP contribution in [0.5, 0.6) is 0 Å². The Kier molecular flexibility index (Phi) is 2.84. The Morgan fingerprint density at radius 3 is 2.67 bits per heavy atom. The highest BCUT2D eigenvalue weighted by Crippen LogP contribution is 2.44. The largest absolute Gasteiger partial charge is 0.397 e. The smallest absolute Gasteiger partial charge is 0.145 e. The second-order valence-corrected chi connectivity index (χ2v) is 6.03. The number of aromatic nitrogens is 3. The third-order valence-electron chi connectivity index (χ3n) is 3.77. The van der Waals surface area contributed by atoms with E-state index < -0.39 is 0 Å². The quantitative estimate of drug-likeness (QED) is 0.716. The van der Waals surface area contributed by atoms with Gasteiger partial charge in [0.2, 0.25) is 0 Å². The summed E-state index contributed by atoms with van der Waals surface area (Å²) in [5, 5.41) is 1.05. The Balaban J connectivity index is 2.07. The number of fused-ring (bicyclic) bond motifs is 1. The van der Waals surface area contributed by atoms with Crippen molar-refractivity contribution in [3.8, 4) is 11.4 Å². The van der Waals surface area contributed by atoms with Crippen molar-refractivity contribution in [2.75, 3.05) is 5.73 Å². The molecule has 0 bridgehead atoms. The van der Waals surface area contributed by atoms with Crippen LogP contribution in [-0.4, -0.2) is 14.5 Å². The van der Waals surface area contributed by atoms with Gasteiger partial charge in [-0.25, -0.2) is 4.98 Å². The number of nitrogens with zero attached hydrogens (tertiary/aromatic N) is 3. The normalized spacial score (nSPS) is 14.8. The van der Waals surface area contributed by atoms with Gasteiger partial charge < -0.3 is 10.3 Å². The zero-order chi connectivity index (χ0) is 14.6. The van der Waals surface area contributed by atoms with Crippen LogP contribution in [0.3, 0.4) is 0 Å². The number of imidazole rings is 1. The van der Waals surface area contributed by atoms with Crippen LogP contribution >= 0.6 is 23.2 Å². The molecule has 1 aromatic carbocycles. The molecule has 0 amide bonds. The third-order valence-corrected chi connectivity index (χ3v) is 4.41. The van der Waals surface area contributed by atoms with Crippen molar-refractivity contribution in [2.45, 2.75) is 18.9 Å². The molecule has 0 saturated heterocycles. The maximum Gasteiger partial charge on any atom is 0.145 e. The number of rotatable bonds is 2. The molecule has 0 unspecified atom stereocenters. The molecule has 0 aliphatic heterocycles. The minimum Gasteiger partial charge on any atom is -0.397 e. The van der Waals surface area contributed by atoms with Crippen LogP contribution in [0.2, 0.25) is 10.0 Å². The van der Waals surface area contributed by atoms with Gasteiger partial charge in [0.15, 0.2) is 0 Å². The highest BCUT2D eigenvalue weighted by Gasteiger charge is 2.30. The van der Waals surface area contributed by atoms with Crippen LogP contribution in [0.15, 0.2) is 30.6 Å². The maximum absolute atomic E-state index is 6.35. The molecule has 1 saturated carbocycles. The Bertz CT molecular complexity index is 852. The number of hydrogen-bond donors (Lipinski definition) is 1. The number of pyridine rings is 1. The number of halogens is 2. The van der Waals surface area contributed by atoms with E-state index in [1.165, 1.54) is 0 Å². The lowest BCUT2D eigenvalue weighted by molar-refractivity contribution is 0.775. The highest BCUT2D eigenvalue weighted by molar-refractivity contribution is 6.37. The molecule has 1 aliphatic carbocycles. The van der Waals surface area contributed by atoms with Crippen molar-refractivity contribution < 1.29 is 0 Å². The predicted molar refractivity (Wildman–Crippen MR) is 85.7 cm³/mol. The molecule has 106 valence electrons. The zero-order valence-electron chi connectivity index (χ0n) is 11.1. The first-order valence-electron chi connectivity index (χ1n) is 6.72. The van der Waals surface area contributed by atoms with Gasteiger partial charge in [-0.1, -0.05) is 23.2 Å². The molecule has 0 spiro atoms. The summed E-state index contributed by atoms with van der Waals surface area (Å²) in [6.45, 7) is 0. The lowest BCUT2D eigenvalue weighted by atomic mass is 10.1. The Labute approximate surface area is 131 Å². The standard InChI is InChI=1S/C15H12Cl2N4/c16-9-3-4-10(17)14(18)13(9)15-20-11-7-19-6-5-12(11)21(15)8-1-2-8/h3-8H,1-2,18H2. The molecule has 0 atom stereocenters. The predicted octanol–water partition coefficient (Wildman–Crippen LogP) is 4.32. The van der Waals surface area contributed by atoms with Crippen LogP contribution in [0.4, 0.5) is 5.69 Å². The fourth-order valence-corrected chi connectivity index (χ4v) is 3.03. The van der Waals surface area contributed by atoms with E-state index in [0.29, 0.717) is 27.3 Å². The second kappa shape index (κ2) is 4.61. The van der Waals surface area contributed by atoms with Crippen molar-refractivity contribution in [1.29, 1.82) is 0 Å². The van der Waals surface area contributed by atoms with Crippen molar-refractivity contribution in [2.24, 2.45) is 0 Å². The summed E-state index contributed by atoms with van der Waals surface area (Å²) in [4.78, 5) is 8.82. The summed E-state index contributed by atoms with van der Waals surface area (Å²) < 4.78 is 2.20. The molecule has 1 fully saturated rings. The van der Waals surface area contributed by atoms with Gasteiger partial charge in [-0.3, -0.25) is 4.98 Å². The van der Waals surface area contributed by atoms with Crippen molar-refractivity contribution in [1.82, 2.24) is 14.5 Å². The Hall–Kier alpha value is -1.78. The zero-order valence-corrected chi connectivity index (χ0v) is 12.6. The minimum absolute atomic E-state index is 0.446. The topological polar surface area (TPSA) is 56.7 Å². The number of hydrogen-bond acceptors (Lipinski definition) is 3. The summed E-state index contributed by atoms with van der Waals surface area (Å²) in [7, 11) is 0. The van der Waals surface area contributed by atoms with E-state index in [2.05, 4.69) is 14.5 Å². The van der Waals surface area contributed by atoms with Gasteiger partial charge in [0.25, 0.3) is 0 Å². The molecule has 1 aliphatic rings. The van der Waals surface area contributed by atoms with E-state index in [0.717, 1.165) is 29.7 Å². The molecule has 2 N–H and O–H groups in total.